The number of carbonyl (C=O) groups excluding carboxylic acids is 3. The third-order valence-corrected chi connectivity index (χ3v) is 6.56. The van der Waals surface area contributed by atoms with E-state index in [4.69, 9.17) is 34.2 Å². The molecule has 0 radical (unpaired) electrons. The van der Waals surface area contributed by atoms with Crippen LogP contribution >= 0.6 is 0 Å². The van der Waals surface area contributed by atoms with Gasteiger partial charge in [0.2, 0.25) is 0 Å². The first-order valence-corrected chi connectivity index (χ1v) is 14.8. The molecule has 0 saturated heterocycles. The van der Waals surface area contributed by atoms with Gasteiger partial charge in [-0.1, -0.05) is 73.3 Å². The number of carbonyl (C=O) groups is 4. The van der Waals surface area contributed by atoms with Crippen LogP contribution in [0, 0.1) is 11.3 Å². The van der Waals surface area contributed by atoms with Gasteiger partial charge in [0.15, 0.2) is 11.5 Å². The summed E-state index contributed by atoms with van der Waals surface area (Å²) in [5, 5.41) is 9.80. The van der Waals surface area contributed by atoms with Crippen LogP contribution in [-0.4, -0.2) is 61.5 Å². The van der Waals surface area contributed by atoms with Gasteiger partial charge in [0, 0.05) is 11.8 Å². The van der Waals surface area contributed by atoms with Crippen LogP contribution in [0.1, 0.15) is 98.5 Å². The Balaban J connectivity index is 3.30. The highest BCUT2D eigenvalue weighted by Crippen LogP contribution is 2.37. The minimum absolute atomic E-state index is 0.128. The van der Waals surface area contributed by atoms with Crippen LogP contribution in [0.4, 0.5) is 14.4 Å². The highest BCUT2D eigenvalue weighted by Gasteiger charge is 2.36. The summed E-state index contributed by atoms with van der Waals surface area (Å²) < 4.78 is 31.5. The zero-order valence-electron chi connectivity index (χ0n) is 26.5. The largest absolute Gasteiger partial charge is 0.513 e. The molecule has 0 aromatic heterocycles. The SMILES string of the molecule is CCCCCOC(=O)Oc1ccc(C(C(C)C(C)OC(=O)OCC(C)(C)C)[C@H](N)C(=O)O)cc1OC(=O)OCCCCC. The number of rotatable bonds is 17. The quantitative estimate of drug-likeness (QED) is 0.0817. The minimum atomic E-state index is -1.43. The summed E-state index contributed by atoms with van der Waals surface area (Å²) in [6.45, 7) is 13.4. The molecule has 0 fully saturated rings. The van der Waals surface area contributed by atoms with Crippen LogP contribution in [0.5, 0.6) is 11.5 Å². The van der Waals surface area contributed by atoms with Crippen LogP contribution in [0.25, 0.3) is 0 Å². The van der Waals surface area contributed by atoms with E-state index in [9.17, 15) is 24.3 Å². The van der Waals surface area contributed by atoms with Gasteiger partial charge in [-0.2, -0.15) is 0 Å². The molecule has 1 rings (SSSR count). The average molecular weight is 612 g/mol. The Morgan fingerprint density at radius 1 is 0.814 bits per heavy atom. The zero-order valence-corrected chi connectivity index (χ0v) is 26.5. The highest BCUT2D eigenvalue weighted by molar-refractivity contribution is 5.75. The molecule has 0 heterocycles. The van der Waals surface area contributed by atoms with E-state index in [1.54, 1.807) is 13.8 Å². The Morgan fingerprint density at radius 3 is 1.84 bits per heavy atom. The molecule has 12 nitrogen and oxygen atoms in total. The molecule has 0 amide bonds. The Hall–Kier alpha value is -3.54. The Kier molecular flexibility index (Phi) is 16.5. The van der Waals surface area contributed by atoms with Gasteiger partial charge in [0.1, 0.15) is 12.1 Å². The van der Waals surface area contributed by atoms with Crippen molar-refractivity contribution in [3.8, 4) is 11.5 Å². The van der Waals surface area contributed by atoms with Crippen LogP contribution in [0.2, 0.25) is 0 Å². The second-order valence-corrected chi connectivity index (χ2v) is 11.7. The Bertz CT molecular complexity index is 1040. The summed E-state index contributed by atoms with van der Waals surface area (Å²) in [6, 6.07) is 2.76. The molecule has 4 atom stereocenters. The summed E-state index contributed by atoms with van der Waals surface area (Å²) in [7, 11) is 0. The van der Waals surface area contributed by atoms with Crippen molar-refractivity contribution in [3.05, 3.63) is 23.8 Å². The summed E-state index contributed by atoms with van der Waals surface area (Å²) in [4.78, 5) is 49.1. The van der Waals surface area contributed by atoms with Gasteiger partial charge in [-0.25, -0.2) is 14.4 Å². The summed E-state index contributed by atoms with van der Waals surface area (Å²) in [5.41, 5.74) is 6.17. The van der Waals surface area contributed by atoms with Gasteiger partial charge in [-0.3, -0.25) is 4.79 Å². The van der Waals surface area contributed by atoms with Crippen molar-refractivity contribution in [1.29, 1.82) is 0 Å². The Morgan fingerprint density at radius 2 is 1.35 bits per heavy atom. The van der Waals surface area contributed by atoms with Gasteiger partial charge in [0.05, 0.1) is 19.8 Å². The topological polar surface area (TPSA) is 170 Å². The van der Waals surface area contributed by atoms with Crippen molar-refractivity contribution in [2.75, 3.05) is 19.8 Å². The molecule has 43 heavy (non-hydrogen) atoms. The molecule has 0 spiro atoms. The van der Waals surface area contributed by atoms with Crippen molar-refractivity contribution < 1.29 is 52.7 Å². The van der Waals surface area contributed by atoms with Crippen molar-refractivity contribution >= 4 is 24.4 Å². The molecule has 0 aliphatic carbocycles. The fourth-order valence-corrected chi connectivity index (χ4v) is 4.00. The number of nitrogens with two attached hydrogens (primary N) is 1. The van der Waals surface area contributed by atoms with Crippen molar-refractivity contribution in [3.63, 3.8) is 0 Å². The van der Waals surface area contributed by atoms with Crippen LogP contribution in [-0.2, 0) is 23.7 Å². The third-order valence-electron chi connectivity index (χ3n) is 6.56. The monoisotopic (exact) mass is 611 g/mol. The normalized spacial score (nSPS) is 14.0. The van der Waals surface area contributed by atoms with E-state index in [1.165, 1.54) is 18.2 Å². The predicted octanol–water partition coefficient (Wildman–Crippen LogP) is 6.82. The highest BCUT2D eigenvalue weighted by atomic mass is 16.7. The molecule has 0 bridgehead atoms. The van der Waals surface area contributed by atoms with E-state index in [0.29, 0.717) is 18.4 Å². The number of benzene rings is 1. The molecular formula is C31H49NO11. The number of ether oxygens (including phenoxy) is 6. The van der Waals surface area contributed by atoms with Crippen molar-refractivity contribution in [2.24, 2.45) is 17.1 Å². The lowest BCUT2D eigenvalue weighted by molar-refractivity contribution is -0.139. The molecular weight excluding hydrogens is 562 g/mol. The molecule has 1 aromatic carbocycles. The number of unbranched alkanes of at least 4 members (excludes halogenated alkanes) is 4. The first kappa shape index (κ1) is 37.5. The van der Waals surface area contributed by atoms with Gasteiger partial charge < -0.3 is 39.3 Å². The van der Waals surface area contributed by atoms with E-state index in [2.05, 4.69) is 0 Å². The lowest BCUT2D eigenvalue weighted by Crippen LogP contribution is -2.42. The van der Waals surface area contributed by atoms with Gasteiger partial charge in [-0.05, 0) is 42.9 Å². The standard InChI is InChI=1S/C31H49NO11/c1-8-10-12-16-38-28(35)42-23-15-14-22(18-24(23)43-29(36)39-17-13-11-9-2)25(26(32)27(33)34)20(3)21(4)41-30(37)40-19-31(5,6)7/h14-15,18,20-21,25-26H,8-13,16-17,19,32H2,1-7H3,(H,33,34)/t20?,21?,25?,26-/m0/s1. The average Bonchev–Trinajstić information content (AvgIpc) is 2.93. The minimum Gasteiger partial charge on any atom is -0.480 e. The lowest BCUT2D eigenvalue weighted by atomic mass is 9.79. The molecule has 0 aliphatic rings. The molecule has 0 aliphatic heterocycles. The van der Waals surface area contributed by atoms with E-state index in [0.717, 1.165) is 25.7 Å². The second-order valence-electron chi connectivity index (χ2n) is 11.7. The van der Waals surface area contributed by atoms with Crippen LogP contribution in [0.3, 0.4) is 0 Å². The summed E-state index contributed by atoms with van der Waals surface area (Å²) in [6.07, 6.45) is 1.18. The lowest BCUT2D eigenvalue weighted by Gasteiger charge is -2.31. The first-order valence-electron chi connectivity index (χ1n) is 14.8. The van der Waals surface area contributed by atoms with E-state index >= 15 is 0 Å². The number of carboxylic acids is 1. The van der Waals surface area contributed by atoms with Gasteiger partial charge in [-0.15, -0.1) is 0 Å². The maximum Gasteiger partial charge on any atom is 0.513 e. The Labute approximate surface area is 254 Å². The van der Waals surface area contributed by atoms with Crippen LogP contribution < -0.4 is 15.2 Å². The summed E-state index contributed by atoms with van der Waals surface area (Å²) >= 11 is 0. The maximum absolute atomic E-state index is 12.5. The van der Waals surface area contributed by atoms with E-state index in [-0.39, 0.29) is 36.7 Å². The molecule has 1 aromatic rings. The van der Waals surface area contributed by atoms with E-state index in [1.807, 2.05) is 34.6 Å². The third kappa shape index (κ3) is 14.5. The van der Waals surface area contributed by atoms with Crippen LogP contribution in [0.15, 0.2) is 18.2 Å². The smallest absolute Gasteiger partial charge is 0.480 e. The van der Waals surface area contributed by atoms with E-state index < -0.39 is 48.4 Å². The number of hydrogen-bond donors (Lipinski definition) is 2. The molecule has 244 valence electrons. The number of hydrogen-bond acceptors (Lipinski definition) is 11. The van der Waals surface area contributed by atoms with Gasteiger partial charge >= 0.3 is 24.4 Å². The zero-order chi connectivity index (χ0) is 32.6. The summed E-state index contributed by atoms with van der Waals surface area (Å²) in [5.74, 6) is -3.21. The molecule has 3 unspecified atom stereocenters. The number of aliphatic carboxylic acids is 1. The predicted molar refractivity (Wildman–Crippen MR) is 158 cm³/mol. The fourth-order valence-electron chi connectivity index (χ4n) is 4.00. The molecule has 12 heteroatoms. The first-order chi connectivity index (χ1) is 20.2. The number of carboxylic acid groups (broad SMARTS) is 1. The molecule has 3 N–H and O–H groups in total. The van der Waals surface area contributed by atoms with Gasteiger partial charge in [0.25, 0.3) is 0 Å². The molecule has 0 saturated carbocycles. The van der Waals surface area contributed by atoms with Crippen molar-refractivity contribution in [2.45, 2.75) is 105 Å². The van der Waals surface area contributed by atoms with Crippen molar-refractivity contribution in [1.82, 2.24) is 0 Å². The second kappa shape index (κ2) is 18.9. The fraction of sp³-hybridized carbons (Fsp3) is 0.677. The maximum atomic E-state index is 12.5.